The molecule has 1 spiro atoms. The quantitative estimate of drug-likeness (QED) is 0.701. The Balaban J connectivity index is 1.37. The second-order valence-electron chi connectivity index (χ2n) is 6.60. The van der Waals surface area contributed by atoms with Crippen LogP contribution in [0.5, 0.6) is 11.5 Å². The summed E-state index contributed by atoms with van der Waals surface area (Å²) in [6, 6.07) is 13.1. The van der Waals surface area contributed by atoms with Crippen LogP contribution in [-0.4, -0.2) is 17.4 Å². The molecule has 26 heavy (non-hydrogen) atoms. The number of benzene rings is 2. The number of halogens is 1. The first-order valence-electron chi connectivity index (χ1n) is 8.83. The molecule has 0 aromatic heterocycles. The molecule has 136 valence electrons. The summed E-state index contributed by atoms with van der Waals surface area (Å²) >= 11 is 7.54. The number of anilines is 1. The maximum Gasteiger partial charge on any atom is 0.251 e. The SMILES string of the molecule is O=C(CSc1ccccc1Cl)Nc1ccc2c(c1)OC1(CCCCC1)O2. The predicted octanol–water partition coefficient (Wildman–Crippen LogP) is 5.50. The molecule has 1 aliphatic heterocycles. The number of carbonyl (C=O) groups excluding carboxylic acids is 1. The summed E-state index contributed by atoms with van der Waals surface area (Å²) in [7, 11) is 0. The highest BCUT2D eigenvalue weighted by molar-refractivity contribution is 8.00. The molecule has 4 rings (SSSR count). The van der Waals surface area contributed by atoms with E-state index in [0.29, 0.717) is 22.2 Å². The van der Waals surface area contributed by atoms with Crippen LogP contribution in [0.2, 0.25) is 5.02 Å². The number of hydrogen-bond acceptors (Lipinski definition) is 4. The van der Waals surface area contributed by atoms with Crippen LogP contribution in [0.15, 0.2) is 47.4 Å². The van der Waals surface area contributed by atoms with Crippen LogP contribution < -0.4 is 14.8 Å². The van der Waals surface area contributed by atoms with Crippen LogP contribution in [-0.2, 0) is 4.79 Å². The summed E-state index contributed by atoms with van der Waals surface area (Å²) in [5.74, 6) is 1.19. The molecule has 0 atom stereocenters. The Hall–Kier alpha value is -1.85. The van der Waals surface area contributed by atoms with Crippen molar-refractivity contribution >= 4 is 35.0 Å². The van der Waals surface area contributed by atoms with E-state index in [4.69, 9.17) is 21.1 Å². The summed E-state index contributed by atoms with van der Waals surface area (Å²) < 4.78 is 12.2. The standard InChI is InChI=1S/C20H20ClNO3S/c21-15-6-2-3-7-18(15)26-13-19(23)22-14-8-9-16-17(12-14)25-20(24-16)10-4-1-5-11-20/h2-3,6-9,12H,1,4-5,10-11,13H2,(H,22,23). The van der Waals surface area contributed by atoms with Crippen molar-refractivity contribution < 1.29 is 14.3 Å². The van der Waals surface area contributed by atoms with Crippen LogP contribution in [0.1, 0.15) is 32.1 Å². The smallest absolute Gasteiger partial charge is 0.251 e. The number of nitrogens with one attached hydrogen (secondary N) is 1. The molecule has 2 aromatic carbocycles. The van der Waals surface area contributed by atoms with Gasteiger partial charge in [0.15, 0.2) is 11.5 Å². The van der Waals surface area contributed by atoms with Gasteiger partial charge in [0.25, 0.3) is 5.79 Å². The van der Waals surface area contributed by atoms with Crippen molar-refractivity contribution in [3.05, 3.63) is 47.5 Å². The Kier molecular flexibility index (Phi) is 5.00. The zero-order valence-corrected chi connectivity index (χ0v) is 15.9. The predicted molar refractivity (Wildman–Crippen MR) is 104 cm³/mol. The van der Waals surface area contributed by atoms with Gasteiger partial charge < -0.3 is 14.8 Å². The van der Waals surface area contributed by atoms with E-state index in [1.807, 2.05) is 42.5 Å². The molecule has 2 aromatic rings. The largest absolute Gasteiger partial charge is 0.448 e. The Bertz CT molecular complexity index is 820. The summed E-state index contributed by atoms with van der Waals surface area (Å²) in [5, 5.41) is 3.57. The first kappa shape index (κ1) is 17.6. The minimum Gasteiger partial charge on any atom is -0.448 e. The number of thioether (sulfide) groups is 1. The Labute approximate surface area is 162 Å². The number of amides is 1. The minimum absolute atomic E-state index is 0.0823. The molecule has 1 fully saturated rings. The van der Waals surface area contributed by atoms with Gasteiger partial charge in [-0.05, 0) is 37.1 Å². The summed E-state index contributed by atoms with van der Waals surface area (Å²) in [4.78, 5) is 13.1. The van der Waals surface area contributed by atoms with Crippen LogP contribution in [0.3, 0.4) is 0 Å². The lowest BCUT2D eigenvalue weighted by atomic mass is 9.94. The molecule has 0 bridgehead atoms. The fourth-order valence-electron chi connectivity index (χ4n) is 3.37. The highest BCUT2D eigenvalue weighted by Gasteiger charge is 2.42. The fraction of sp³-hybridized carbons (Fsp3) is 0.350. The summed E-state index contributed by atoms with van der Waals surface area (Å²) in [6.45, 7) is 0. The molecule has 0 saturated heterocycles. The molecule has 1 aliphatic carbocycles. The lowest BCUT2D eigenvalue weighted by Crippen LogP contribution is -2.40. The third-order valence-electron chi connectivity index (χ3n) is 4.63. The van der Waals surface area contributed by atoms with Gasteiger partial charge in [0, 0.05) is 29.5 Å². The van der Waals surface area contributed by atoms with Crippen molar-refractivity contribution in [2.75, 3.05) is 11.1 Å². The molecule has 4 nitrogen and oxygen atoms in total. The molecule has 1 saturated carbocycles. The molecule has 2 aliphatic rings. The third-order valence-corrected chi connectivity index (χ3v) is 6.15. The Morgan fingerprint density at radius 2 is 1.85 bits per heavy atom. The number of hydrogen-bond donors (Lipinski definition) is 1. The maximum atomic E-state index is 12.2. The van der Waals surface area contributed by atoms with Gasteiger partial charge in [0.05, 0.1) is 10.8 Å². The van der Waals surface area contributed by atoms with Crippen molar-refractivity contribution in [1.82, 2.24) is 0 Å². The topological polar surface area (TPSA) is 47.6 Å². The number of ether oxygens (including phenoxy) is 2. The van der Waals surface area contributed by atoms with Crippen molar-refractivity contribution in [1.29, 1.82) is 0 Å². The van der Waals surface area contributed by atoms with E-state index in [1.165, 1.54) is 18.2 Å². The minimum atomic E-state index is -0.497. The molecule has 1 amide bonds. The first-order chi connectivity index (χ1) is 12.6. The zero-order chi connectivity index (χ0) is 18.0. The lowest BCUT2D eigenvalue weighted by molar-refractivity contribution is -0.113. The summed E-state index contributed by atoms with van der Waals surface area (Å²) in [5.41, 5.74) is 0.713. The monoisotopic (exact) mass is 389 g/mol. The van der Waals surface area contributed by atoms with Gasteiger partial charge in [-0.25, -0.2) is 0 Å². The molecule has 1 N–H and O–H groups in total. The van der Waals surface area contributed by atoms with Gasteiger partial charge in [-0.15, -0.1) is 11.8 Å². The molecule has 6 heteroatoms. The molecular formula is C20H20ClNO3S. The fourth-order valence-corrected chi connectivity index (χ4v) is 4.41. The normalized spacial score (nSPS) is 17.3. The van der Waals surface area contributed by atoms with Crippen molar-refractivity contribution in [3.63, 3.8) is 0 Å². The zero-order valence-electron chi connectivity index (χ0n) is 14.3. The maximum absolute atomic E-state index is 12.2. The van der Waals surface area contributed by atoms with Crippen LogP contribution >= 0.6 is 23.4 Å². The van der Waals surface area contributed by atoms with Crippen LogP contribution in [0.4, 0.5) is 5.69 Å². The molecule has 1 heterocycles. The first-order valence-corrected chi connectivity index (χ1v) is 10.2. The van der Waals surface area contributed by atoms with E-state index in [9.17, 15) is 4.79 Å². The number of carbonyl (C=O) groups is 1. The molecule has 0 unspecified atom stereocenters. The highest BCUT2D eigenvalue weighted by Crippen LogP contribution is 2.46. The van der Waals surface area contributed by atoms with Gasteiger partial charge in [-0.3, -0.25) is 4.79 Å². The second-order valence-corrected chi connectivity index (χ2v) is 8.03. The average Bonchev–Trinajstić information content (AvgIpc) is 2.98. The number of fused-ring (bicyclic) bond motifs is 1. The van der Waals surface area contributed by atoms with E-state index in [0.717, 1.165) is 36.3 Å². The highest BCUT2D eigenvalue weighted by atomic mass is 35.5. The van der Waals surface area contributed by atoms with Gasteiger partial charge in [0.1, 0.15) is 0 Å². The third kappa shape index (κ3) is 3.79. The van der Waals surface area contributed by atoms with Crippen molar-refractivity contribution in [2.24, 2.45) is 0 Å². The van der Waals surface area contributed by atoms with E-state index >= 15 is 0 Å². The van der Waals surface area contributed by atoms with E-state index < -0.39 is 5.79 Å². The van der Waals surface area contributed by atoms with E-state index in [-0.39, 0.29) is 5.91 Å². The van der Waals surface area contributed by atoms with Gasteiger partial charge in [-0.1, -0.05) is 30.2 Å². The van der Waals surface area contributed by atoms with Gasteiger partial charge in [-0.2, -0.15) is 0 Å². The molecule has 0 radical (unpaired) electrons. The molecular weight excluding hydrogens is 370 g/mol. The average molecular weight is 390 g/mol. The second kappa shape index (κ2) is 7.41. The van der Waals surface area contributed by atoms with Crippen molar-refractivity contribution in [3.8, 4) is 11.5 Å². The van der Waals surface area contributed by atoms with Crippen LogP contribution in [0, 0.1) is 0 Å². The summed E-state index contributed by atoms with van der Waals surface area (Å²) in [6.07, 6.45) is 5.30. The van der Waals surface area contributed by atoms with Gasteiger partial charge >= 0.3 is 0 Å². The van der Waals surface area contributed by atoms with Crippen LogP contribution in [0.25, 0.3) is 0 Å². The van der Waals surface area contributed by atoms with E-state index in [2.05, 4.69) is 5.32 Å². The van der Waals surface area contributed by atoms with Crippen molar-refractivity contribution in [2.45, 2.75) is 42.8 Å². The lowest BCUT2D eigenvalue weighted by Gasteiger charge is -2.31. The van der Waals surface area contributed by atoms with Gasteiger partial charge in [0.2, 0.25) is 5.91 Å². The Morgan fingerprint density at radius 1 is 1.08 bits per heavy atom. The number of rotatable bonds is 4. The van der Waals surface area contributed by atoms with E-state index in [1.54, 1.807) is 0 Å². The Morgan fingerprint density at radius 3 is 2.65 bits per heavy atom.